The summed E-state index contributed by atoms with van der Waals surface area (Å²) in [5.74, 6) is -0.0475. The van der Waals surface area contributed by atoms with Crippen molar-refractivity contribution in [2.75, 3.05) is 18.8 Å². The summed E-state index contributed by atoms with van der Waals surface area (Å²) in [6, 6.07) is 6.91. The predicted octanol–water partition coefficient (Wildman–Crippen LogP) is 0.953. The highest BCUT2D eigenvalue weighted by Crippen LogP contribution is 2.25. The number of fused-ring (bicyclic) bond motifs is 1. The monoisotopic (exact) mass is 365 g/mol. The van der Waals surface area contributed by atoms with Gasteiger partial charge in [0.2, 0.25) is 11.9 Å². The number of hydrogen-bond acceptors (Lipinski definition) is 6. The van der Waals surface area contributed by atoms with Gasteiger partial charge in [0.15, 0.2) is 5.65 Å². The maximum absolute atomic E-state index is 12.6. The van der Waals surface area contributed by atoms with Gasteiger partial charge in [-0.05, 0) is 19.1 Å². The number of benzene rings is 1. The number of nitrogens with two attached hydrogens (primary N) is 1. The first kappa shape index (κ1) is 17.0. The quantitative estimate of drug-likeness (QED) is 0.631. The Morgan fingerprint density at radius 1 is 1.41 bits per heavy atom. The van der Waals surface area contributed by atoms with E-state index in [4.69, 9.17) is 5.73 Å². The lowest BCUT2D eigenvalue weighted by atomic mass is 10.1. The highest BCUT2D eigenvalue weighted by molar-refractivity contribution is 5.97. The van der Waals surface area contributed by atoms with E-state index >= 15 is 0 Å². The van der Waals surface area contributed by atoms with Crippen molar-refractivity contribution in [2.24, 2.45) is 0 Å². The first-order valence-corrected chi connectivity index (χ1v) is 8.71. The molecule has 1 saturated heterocycles. The Bertz CT molecular complexity index is 1030. The van der Waals surface area contributed by atoms with E-state index in [9.17, 15) is 9.59 Å². The second-order valence-corrected chi connectivity index (χ2v) is 6.42. The number of aromatic amines is 1. The minimum Gasteiger partial charge on any atom is -0.368 e. The molecule has 0 aliphatic carbocycles. The normalized spacial score (nSPS) is 16.9. The van der Waals surface area contributed by atoms with E-state index in [2.05, 4.69) is 25.3 Å². The summed E-state index contributed by atoms with van der Waals surface area (Å²) >= 11 is 0. The van der Waals surface area contributed by atoms with Gasteiger partial charge >= 0.3 is 0 Å². The lowest BCUT2D eigenvalue weighted by Gasteiger charge is -2.15. The van der Waals surface area contributed by atoms with E-state index in [0.717, 1.165) is 5.56 Å². The van der Waals surface area contributed by atoms with Gasteiger partial charge in [-0.1, -0.05) is 12.1 Å². The number of anilines is 1. The molecule has 9 nitrogen and oxygen atoms in total. The summed E-state index contributed by atoms with van der Waals surface area (Å²) in [6.07, 6.45) is 1.85. The number of nitrogen functional groups attached to an aromatic ring is 1. The first-order chi connectivity index (χ1) is 13.0. The number of likely N-dealkylation sites (N-methyl/N-ethyl adjacent to an activating group) is 1. The van der Waals surface area contributed by atoms with Gasteiger partial charge in [-0.25, -0.2) is 9.97 Å². The van der Waals surface area contributed by atoms with E-state index in [-0.39, 0.29) is 23.8 Å². The minimum atomic E-state index is -0.226. The molecule has 2 amide bonds. The van der Waals surface area contributed by atoms with Gasteiger partial charge in [-0.3, -0.25) is 9.59 Å². The molecule has 0 spiro atoms. The molecule has 1 aliphatic rings. The lowest BCUT2D eigenvalue weighted by molar-refractivity contribution is -0.127. The van der Waals surface area contributed by atoms with E-state index < -0.39 is 0 Å². The Morgan fingerprint density at radius 3 is 3.04 bits per heavy atom. The van der Waals surface area contributed by atoms with Crippen LogP contribution < -0.4 is 11.1 Å². The molecular weight excluding hydrogens is 346 g/mol. The molecule has 0 radical (unpaired) electrons. The smallest absolute Gasteiger partial charge is 0.251 e. The fourth-order valence-corrected chi connectivity index (χ4v) is 3.31. The number of amides is 2. The molecule has 9 heteroatoms. The summed E-state index contributed by atoms with van der Waals surface area (Å²) in [5.41, 5.74) is 8.69. The highest BCUT2D eigenvalue weighted by atomic mass is 16.2. The molecule has 2 aromatic heterocycles. The SMILES string of the molecule is CCN1CC(NC(=O)c2cccc(-c3nc(N)nc4nc[nH]c34)c2)CC1=O. The molecular formula is C18H19N7O2. The van der Waals surface area contributed by atoms with Gasteiger partial charge in [0.1, 0.15) is 11.2 Å². The van der Waals surface area contributed by atoms with Gasteiger partial charge < -0.3 is 20.9 Å². The predicted molar refractivity (Wildman–Crippen MR) is 99.7 cm³/mol. The zero-order chi connectivity index (χ0) is 19.0. The van der Waals surface area contributed by atoms with Crippen LogP contribution in [0.1, 0.15) is 23.7 Å². The number of likely N-dealkylation sites (tertiary alicyclic amines) is 1. The Balaban J connectivity index is 1.60. The average molecular weight is 365 g/mol. The standard InChI is InChI=1S/C18H19N7O2/c1-2-25-8-12(7-13(25)26)22-17(27)11-5-3-4-10(6-11)14-15-16(21-9-20-15)24-18(19)23-14/h3-6,9,12H,2,7-8H2,1H3,(H,22,27)(H3,19,20,21,23,24). The third-order valence-electron chi connectivity index (χ3n) is 4.63. The molecule has 4 rings (SSSR count). The zero-order valence-electron chi connectivity index (χ0n) is 14.8. The van der Waals surface area contributed by atoms with Crippen molar-refractivity contribution in [1.29, 1.82) is 0 Å². The largest absolute Gasteiger partial charge is 0.368 e. The minimum absolute atomic E-state index is 0.0645. The van der Waals surface area contributed by atoms with Crippen molar-refractivity contribution in [3.8, 4) is 11.3 Å². The maximum Gasteiger partial charge on any atom is 0.251 e. The van der Waals surface area contributed by atoms with Gasteiger partial charge in [0.05, 0.1) is 12.4 Å². The zero-order valence-corrected chi connectivity index (χ0v) is 14.8. The highest BCUT2D eigenvalue weighted by Gasteiger charge is 2.29. The summed E-state index contributed by atoms with van der Waals surface area (Å²) in [7, 11) is 0. The Hall–Kier alpha value is -3.49. The molecule has 1 unspecified atom stereocenters. The van der Waals surface area contributed by atoms with Crippen molar-refractivity contribution in [2.45, 2.75) is 19.4 Å². The number of rotatable bonds is 4. The third kappa shape index (κ3) is 3.19. The molecule has 1 aromatic carbocycles. The van der Waals surface area contributed by atoms with Gasteiger partial charge in [-0.15, -0.1) is 0 Å². The van der Waals surface area contributed by atoms with Crippen LogP contribution >= 0.6 is 0 Å². The number of nitrogens with zero attached hydrogens (tertiary/aromatic N) is 4. The van der Waals surface area contributed by atoms with Gasteiger partial charge in [0, 0.05) is 30.6 Å². The van der Waals surface area contributed by atoms with Crippen LogP contribution in [0.25, 0.3) is 22.4 Å². The van der Waals surface area contributed by atoms with E-state index in [0.29, 0.717) is 41.9 Å². The fourth-order valence-electron chi connectivity index (χ4n) is 3.31. The number of H-pyrrole nitrogens is 1. The molecule has 138 valence electrons. The fraction of sp³-hybridized carbons (Fsp3) is 0.278. The Morgan fingerprint density at radius 2 is 2.26 bits per heavy atom. The van der Waals surface area contributed by atoms with E-state index in [1.54, 1.807) is 23.1 Å². The van der Waals surface area contributed by atoms with Crippen molar-refractivity contribution in [3.63, 3.8) is 0 Å². The van der Waals surface area contributed by atoms with Crippen LogP contribution in [0, 0.1) is 0 Å². The summed E-state index contributed by atoms with van der Waals surface area (Å²) < 4.78 is 0. The number of imidazole rings is 1. The average Bonchev–Trinajstić information content (AvgIpc) is 3.26. The van der Waals surface area contributed by atoms with E-state index in [1.165, 1.54) is 6.33 Å². The second-order valence-electron chi connectivity index (χ2n) is 6.42. The Kier molecular flexibility index (Phi) is 4.19. The van der Waals surface area contributed by atoms with Crippen LogP contribution in [-0.2, 0) is 4.79 Å². The molecule has 3 aromatic rings. The molecule has 0 saturated carbocycles. The van der Waals surface area contributed by atoms with Crippen molar-refractivity contribution >= 4 is 28.9 Å². The van der Waals surface area contributed by atoms with Crippen LogP contribution in [0.5, 0.6) is 0 Å². The van der Waals surface area contributed by atoms with Crippen molar-refractivity contribution < 1.29 is 9.59 Å². The number of carbonyl (C=O) groups excluding carboxylic acids is 2. The van der Waals surface area contributed by atoms with Crippen LogP contribution in [0.4, 0.5) is 5.95 Å². The molecule has 1 fully saturated rings. The van der Waals surface area contributed by atoms with Gasteiger partial charge in [-0.2, -0.15) is 4.98 Å². The lowest BCUT2D eigenvalue weighted by Crippen LogP contribution is -2.37. The van der Waals surface area contributed by atoms with Crippen molar-refractivity contribution in [3.05, 3.63) is 36.2 Å². The van der Waals surface area contributed by atoms with Crippen LogP contribution in [0.3, 0.4) is 0 Å². The topological polar surface area (TPSA) is 130 Å². The summed E-state index contributed by atoms with van der Waals surface area (Å²) in [5, 5.41) is 2.93. The molecule has 0 bridgehead atoms. The maximum atomic E-state index is 12.6. The van der Waals surface area contributed by atoms with Crippen LogP contribution in [-0.4, -0.2) is 55.8 Å². The second kappa shape index (κ2) is 6.67. The first-order valence-electron chi connectivity index (χ1n) is 8.71. The molecule has 4 N–H and O–H groups in total. The summed E-state index contributed by atoms with van der Waals surface area (Å²) in [4.78, 5) is 41.7. The Labute approximate surface area is 155 Å². The van der Waals surface area contributed by atoms with Crippen molar-refractivity contribution in [1.82, 2.24) is 30.2 Å². The molecule has 1 atom stereocenters. The van der Waals surface area contributed by atoms with E-state index in [1.807, 2.05) is 13.0 Å². The number of carbonyl (C=O) groups is 2. The number of nitrogens with one attached hydrogen (secondary N) is 2. The van der Waals surface area contributed by atoms with Crippen LogP contribution in [0.2, 0.25) is 0 Å². The number of aromatic nitrogens is 4. The molecule has 3 heterocycles. The van der Waals surface area contributed by atoms with Gasteiger partial charge in [0.25, 0.3) is 5.91 Å². The third-order valence-corrected chi connectivity index (χ3v) is 4.63. The number of hydrogen-bond donors (Lipinski definition) is 3. The molecule has 27 heavy (non-hydrogen) atoms. The van der Waals surface area contributed by atoms with Crippen LogP contribution in [0.15, 0.2) is 30.6 Å². The summed E-state index contributed by atoms with van der Waals surface area (Å²) in [6.45, 7) is 3.11. The molecule has 1 aliphatic heterocycles.